The van der Waals surface area contributed by atoms with Gasteiger partial charge in [-0.2, -0.15) is 0 Å². The van der Waals surface area contributed by atoms with E-state index in [9.17, 15) is 0 Å². The van der Waals surface area contributed by atoms with E-state index in [0.29, 0.717) is 0 Å². The topological polar surface area (TPSA) is 28.3 Å². The van der Waals surface area contributed by atoms with Gasteiger partial charge in [0.2, 0.25) is 0 Å². The molecule has 11 rings (SSSR count). The normalized spacial score (nSPS) is 12.7. The van der Waals surface area contributed by atoms with E-state index in [1.54, 1.807) is 0 Å². The summed E-state index contributed by atoms with van der Waals surface area (Å²) in [7, 11) is 0. The molecule has 2 aliphatic rings. The van der Waals surface area contributed by atoms with Crippen LogP contribution in [0.5, 0.6) is 23.0 Å². The molecule has 0 radical (unpaired) electrons. The minimum Gasteiger partial charge on any atom is -0.453 e. The number of nitrogens with zero attached hydrogens (tertiary/aromatic N) is 2. The number of aryl methyl sites for hydroxylation is 4. The molecular weight excluding hydrogens is 613 g/mol. The molecule has 2 aromatic heterocycles. The van der Waals surface area contributed by atoms with E-state index in [0.717, 1.165) is 45.4 Å². The first kappa shape index (κ1) is 27.7. The molecular formula is C46H32N2O2. The van der Waals surface area contributed by atoms with Crippen LogP contribution in [0.25, 0.3) is 77.2 Å². The Balaban J connectivity index is 1.02. The second-order valence-corrected chi connectivity index (χ2v) is 14.2. The van der Waals surface area contributed by atoms with Crippen LogP contribution < -0.4 is 9.47 Å². The first-order valence-corrected chi connectivity index (χ1v) is 17.2. The molecule has 50 heavy (non-hydrogen) atoms. The molecule has 0 unspecified atom stereocenters. The lowest BCUT2D eigenvalue weighted by atomic mass is 9.98. The van der Waals surface area contributed by atoms with Gasteiger partial charge in [-0.1, -0.05) is 48.5 Å². The standard InChI is InChI=1S/C46H32N2O2/c1-25-5-13-39-41(19-25)49-43-21-27(3)17-35-33-23-31(11-15-37(33)47(39)45(35)43)29-7-9-30(10-8-29)32-12-16-38-34(24-32)36-18-28(4)22-44-46(36)48(38)40-14-6-26(2)20-42(40)50-44/h5-24H,1-4H3. The molecule has 0 spiro atoms. The summed E-state index contributed by atoms with van der Waals surface area (Å²) < 4.78 is 17.7. The molecule has 0 fully saturated rings. The number of hydrogen-bond acceptors (Lipinski definition) is 2. The predicted molar refractivity (Wildman–Crippen MR) is 205 cm³/mol. The summed E-state index contributed by atoms with van der Waals surface area (Å²) in [6, 6.07) is 44.5. The minimum absolute atomic E-state index is 0.904. The monoisotopic (exact) mass is 644 g/mol. The van der Waals surface area contributed by atoms with E-state index >= 15 is 0 Å². The molecule has 0 aliphatic carbocycles. The molecule has 0 saturated carbocycles. The molecule has 2 aliphatic heterocycles. The minimum atomic E-state index is 0.904. The molecule has 4 heteroatoms. The van der Waals surface area contributed by atoms with Gasteiger partial charge in [0, 0.05) is 21.5 Å². The van der Waals surface area contributed by atoms with Crippen LogP contribution in [0, 0.1) is 27.7 Å². The fourth-order valence-electron chi connectivity index (χ4n) is 8.38. The lowest BCUT2D eigenvalue weighted by Gasteiger charge is -2.21. The Morgan fingerprint density at radius 2 is 0.740 bits per heavy atom. The Hall–Kier alpha value is -6.26. The first-order valence-electron chi connectivity index (χ1n) is 17.2. The zero-order valence-corrected chi connectivity index (χ0v) is 28.3. The Bertz CT molecular complexity index is 2760. The quantitative estimate of drug-likeness (QED) is 0.187. The third kappa shape index (κ3) is 3.76. The van der Waals surface area contributed by atoms with Gasteiger partial charge < -0.3 is 18.6 Å². The maximum Gasteiger partial charge on any atom is 0.152 e. The van der Waals surface area contributed by atoms with Crippen molar-refractivity contribution < 1.29 is 9.47 Å². The zero-order valence-electron chi connectivity index (χ0n) is 28.3. The SMILES string of the molecule is Cc1ccc2c(c1)Oc1cc(C)cc3c4cc(-c5ccc(-c6ccc7c(c6)c6cc(C)cc8c6n7-c6ccc(C)cc6O8)cc5)ccc4n-2c13. The van der Waals surface area contributed by atoms with Crippen molar-refractivity contribution in [3.05, 3.63) is 144 Å². The second kappa shape index (κ2) is 9.67. The van der Waals surface area contributed by atoms with Gasteiger partial charge in [-0.15, -0.1) is 0 Å². The Morgan fingerprint density at radius 1 is 0.340 bits per heavy atom. The highest BCUT2D eigenvalue weighted by atomic mass is 16.5. The highest BCUT2D eigenvalue weighted by molar-refractivity contribution is 6.14. The average Bonchev–Trinajstić information content (AvgIpc) is 3.61. The number of ether oxygens (including phenoxy) is 2. The Labute approximate surface area is 289 Å². The van der Waals surface area contributed by atoms with Crippen molar-refractivity contribution in [3.8, 4) is 56.6 Å². The van der Waals surface area contributed by atoms with E-state index in [1.165, 1.54) is 77.1 Å². The van der Waals surface area contributed by atoms with Gasteiger partial charge in [-0.05, 0) is 145 Å². The first-order chi connectivity index (χ1) is 24.4. The van der Waals surface area contributed by atoms with Crippen LogP contribution in [-0.4, -0.2) is 9.13 Å². The highest BCUT2D eigenvalue weighted by Gasteiger charge is 2.26. The van der Waals surface area contributed by atoms with Crippen LogP contribution in [0.2, 0.25) is 0 Å². The second-order valence-electron chi connectivity index (χ2n) is 14.2. The number of hydrogen-bond donors (Lipinski definition) is 0. The summed E-state index contributed by atoms with van der Waals surface area (Å²) in [4.78, 5) is 0. The number of aromatic nitrogens is 2. The van der Waals surface area contributed by atoms with E-state index < -0.39 is 0 Å². The average molecular weight is 645 g/mol. The summed E-state index contributed by atoms with van der Waals surface area (Å²) in [6.07, 6.45) is 0. The summed E-state index contributed by atoms with van der Waals surface area (Å²) in [5, 5.41) is 4.91. The van der Waals surface area contributed by atoms with Crippen molar-refractivity contribution in [1.82, 2.24) is 9.13 Å². The van der Waals surface area contributed by atoms with Gasteiger partial charge in [0.05, 0.1) is 33.4 Å². The molecule has 4 heterocycles. The zero-order chi connectivity index (χ0) is 33.4. The van der Waals surface area contributed by atoms with Crippen molar-refractivity contribution in [2.75, 3.05) is 0 Å². The molecule has 0 saturated heterocycles. The van der Waals surface area contributed by atoms with Crippen LogP contribution in [0.1, 0.15) is 22.3 Å². The Kier molecular flexibility index (Phi) is 5.35. The Morgan fingerprint density at radius 3 is 1.18 bits per heavy atom. The van der Waals surface area contributed by atoms with Crippen molar-refractivity contribution in [3.63, 3.8) is 0 Å². The van der Waals surface area contributed by atoms with Gasteiger partial charge >= 0.3 is 0 Å². The van der Waals surface area contributed by atoms with Gasteiger partial charge in [0.1, 0.15) is 0 Å². The number of rotatable bonds is 2. The number of fused-ring (bicyclic) bond motifs is 10. The van der Waals surface area contributed by atoms with E-state index in [-0.39, 0.29) is 0 Å². The fourth-order valence-corrected chi connectivity index (χ4v) is 8.38. The van der Waals surface area contributed by atoms with Crippen molar-refractivity contribution in [2.45, 2.75) is 27.7 Å². The molecule has 0 bridgehead atoms. The van der Waals surface area contributed by atoms with Crippen LogP contribution >= 0.6 is 0 Å². The molecule has 0 atom stereocenters. The fraction of sp³-hybridized carbons (Fsp3) is 0.0870. The van der Waals surface area contributed by atoms with Gasteiger partial charge in [0.25, 0.3) is 0 Å². The summed E-state index contributed by atoms with van der Waals surface area (Å²) in [5.74, 6) is 3.64. The smallest absolute Gasteiger partial charge is 0.152 e. The summed E-state index contributed by atoms with van der Waals surface area (Å²) in [5.41, 5.74) is 16.4. The van der Waals surface area contributed by atoms with E-state index in [4.69, 9.17) is 9.47 Å². The lowest BCUT2D eigenvalue weighted by molar-refractivity contribution is 0.475. The highest BCUT2D eigenvalue weighted by Crippen LogP contribution is 2.48. The van der Waals surface area contributed by atoms with Gasteiger partial charge in [-0.25, -0.2) is 0 Å². The molecule has 9 aromatic rings. The summed E-state index contributed by atoms with van der Waals surface area (Å²) >= 11 is 0. The maximum absolute atomic E-state index is 6.48. The van der Waals surface area contributed by atoms with Crippen molar-refractivity contribution in [2.24, 2.45) is 0 Å². The molecule has 0 amide bonds. The van der Waals surface area contributed by atoms with Crippen LogP contribution in [0.15, 0.2) is 121 Å². The summed E-state index contributed by atoms with van der Waals surface area (Å²) in [6.45, 7) is 8.51. The lowest BCUT2D eigenvalue weighted by Crippen LogP contribution is -2.04. The molecule has 4 nitrogen and oxygen atoms in total. The van der Waals surface area contributed by atoms with Gasteiger partial charge in [-0.3, -0.25) is 0 Å². The van der Waals surface area contributed by atoms with Crippen LogP contribution in [0.4, 0.5) is 0 Å². The van der Waals surface area contributed by atoms with Crippen LogP contribution in [0.3, 0.4) is 0 Å². The van der Waals surface area contributed by atoms with Gasteiger partial charge in [0.15, 0.2) is 23.0 Å². The predicted octanol–water partition coefficient (Wildman–Crippen LogP) is 12.7. The van der Waals surface area contributed by atoms with Crippen molar-refractivity contribution >= 4 is 43.6 Å². The molecule has 0 N–H and O–H groups in total. The van der Waals surface area contributed by atoms with Crippen LogP contribution in [-0.2, 0) is 0 Å². The third-order valence-electron chi connectivity index (χ3n) is 10.6. The van der Waals surface area contributed by atoms with E-state index in [2.05, 4.69) is 158 Å². The molecule has 238 valence electrons. The van der Waals surface area contributed by atoms with E-state index in [1.807, 2.05) is 0 Å². The van der Waals surface area contributed by atoms with Crippen molar-refractivity contribution in [1.29, 1.82) is 0 Å². The largest absolute Gasteiger partial charge is 0.453 e. The third-order valence-corrected chi connectivity index (χ3v) is 10.6. The number of benzene rings is 7. The maximum atomic E-state index is 6.48. The molecule has 7 aromatic carbocycles.